The molecule has 0 aromatic heterocycles. The van der Waals surface area contributed by atoms with Gasteiger partial charge in [0, 0.05) is 10.00 Å². The van der Waals surface area contributed by atoms with Gasteiger partial charge in [-0.3, -0.25) is 0 Å². The molecule has 2 unspecified atom stereocenters. The summed E-state index contributed by atoms with van der Waals surface area (Å²) in [6.45, 7) is 7.17. The average molecular weight is 218 g/mol. The summed E-state index contributed by atoms with van der Waals surface area (Å²) in [4.78, 5) is 0. The van der Waals surface area contributed by atoms with Crippen molar-refractivity contribution in [3.05, 3.63) is 0 Å². The predicted molar refractivity (Wildman–Crippen MR) is 66.9 cm³/mol. The Labute approximate surface area is 91.6 Å². The lowest BCUT2D eigenvalue weighted by molar-refractivity contribution is 0.537. The molecule has 1 aliphatic rings. The molecule has 78 valence electrons. The second-order valence-corrected chi connectivity index (χ2v) is 7.44. The second-order valence-electron chi connectivity index (χ2n) is 4.63. The molecule has 0 aromatic rings. The number of hydrogen-bond donors (Lipinski definition) is 0. The van der Waals surface area contributed by atoms with Crippen LogP contribution in [-0.4, -0.2) is 22.0 Å². The van der Waals surface area contributed by atoms with Crippen LogP contribution in [0.1, 0.15) is 40.0 Å². The predicted octanol–water partition coefficient (Wildman–Crippen LogP) is 4.05. The van der Waals surface area contributed by atoms with Crippen molar-refractivity contribution in [3.63, 3.8) is 0 Å². The lowest BCUT2D eigenvalue weighted by atomic mass is 9.98. The highest BCUT2D eigenvalue weighted by Crippen LogP contribution is 2.48. The molecule has 2 heteroatoms. The zero-order valence-corrected chi connectivity index (χ0v) is 10.9. The van der Waals surface area contributed by atoms with Gasteiger partial charge in [0.1, 0.15) is 0 Å². The minimum atomic E-state index is 0.595. The van der Waals surface area contributed by atoms with E-state index in [9.17, 15) is 0 Å². The first kappa shape index (κ1) is 11.8. The molecule has 0 aromatic carbocycles. The molecule has 0 N–H and O–H groups in total. The number of thioether (sulfide) groups is 2. The van der Waals surface area contributed by atoms with Crippen LogP contribution in [0.5, 0.6) is 0 Å². The van der Waals surface area contributed by atoms with Gasteiger partial charge >= 0.3 is 0 Å². The molecular formula is C11H22S2. The first-order valence-electron chi connectivity index (χ1n) is 5.24. The van der Waals surface area contributed by atoms with Crippen LogP contribution in [0.3, 0.4) is 0 Å². The average Bonchev–Trinajstić information content (AvgIpc) is 2.46. The second kappa shape index (κ2) is 4.97. The van der Waals surface area contributed by atoms with Crippen molar-refractivity contribution in [1.82, 2.24) is 0 Å². The lowest BCUT2D eigenvalue weighted by Crippen LogP contribution is -2.17. The van der Waals surface area contributed by atoms with Gasteiger partial charge < -0.3 is 0 Å². The third-order valence-electron chi connectivity index (χ3n) is 2.97. The summed E-state index contributed by atoms with van der Waals surface area (Å²) >= 11 is 4.23. The molecule has 0 nitrogen and oxygen atoms in total. The Hall–Kier alpha value is 0.700. The van der Waals surface area contributed by atoms with Crippen LogP contribution in [0.15, 0.2) is 0 Å². The molecule has 13 heavy (non-hydrogen) atoms. The fourth-order valence-corrected chi connectivity index (χ4v) is 4.38. The van der Waals surface area contributed by atoms with Crippen molar-refractivity contribution in [2.45, 2.75) is 50.0 Å². The Morgan fingerprint density at radius 3 is 2.69 bits per heavy atom. The van der Waals surface area contributed by atoms with E-state index in [4.69, 9.17) is 0 Å². The van der Waals surface area contributed by atoms with E-state index >= 15 is 0 Å². The minimum absolute atomic E-state index is 0.595. The highest BCUT2D eigenvalue weighted by Gasteiger charge is 2.36. The Morgan fingerprint density at radius 1 is 1.54 bits per heavy atom. The first-order valence-corrected chi connectivity index (χ1v) is 7.51. The highest BCUT2D eigenvalue weighted by molar-refractivity contribution is 8.01. The zero-order valence-electron chi connectivity index (χ0n) is 9.30. The normalized spacial score (nSPS) is 34.4. The topological polar surface area (TPSA) is 0 Å². The molecule has 0 amide bonds. The Balaban J connectivity index is 2.37. The maximum atomic E-state index is 2.45. The Bertz CT molecular complexity index is 156. The van der Waals surface area contributed by atoms with Gasteiger partial charge in [0.05, 0.1) is 0 Å². The van der Waals surface area contributed by atoms with Gasteiger partial charge in [-0.2, -0.15) is 23.5 Å². The smallest absolute Gasteiger partial charge is 0.0143 e. The molecule has 1 fully saturated rings. The van der Waals surface area contributed by atoms with Gasteiger partial charge in [-0.15, -0.1) is 0 Å². The first-order chi connectivity index (χ1) is 6.07. The molecule has 0 radical (unpaired) electrons. The fraction of sp³-hybridized carbons (Fsp3) is 1.00. The summed E-state index contributed by atoms with van der Waals surface area (Å²) in [5, 5.41) is 0.923. The van der Waals surface area contributed by atoms with E-state index in [1.54, 1.807) is 0 Å². The zero-order chi connectivity index (χ0) is 9.90. The van der Waals surface area contributed by atoms with E-state index in [0.29, 0.717) is 4.75 Å². The maximum Gasteiger partial charge on any atom is 0.0143 e. The maximum absolute atomic E-state index is 2.45. The van der Waals surface area contributed by atoms with Gasteiger partial charge in [0.2, 0.25) is 0 Å². The van der Waals surface area contributed by atoms with Gasteiger partial charge in [-0.05, 0) is 37.2 Å². The van der Waals surface area contributed by atoms with Crippen LogP contribution in [0, 0.1) is 5.92 Å². The highest BCUT2D eigenvalue weighted by atomic mass is 32.2. The van der Waals surface area contributed by atoms with Crippen molar-refractivity contribution in [2.75, 3.05) is 12.0 Å². The van der Waals surface area contributed by atoms with E-state index in [1.165, 1.54) is 25.0 Å². The van der Waals surface area contributed by atoms with E-state index < -0.39 is 0 Å². The van der Waals surface area contributed by atoms with Crippen LogP contribution >= 0.6 is 23.5 Å². The minimum Gasteiger partial charge on any atom is -0.165 e. The fourth-order valence-electron chi connectivity index (χ4n) is 1.90. The summed E-state index contributed by atoms with van der Waals surface area (Å²) < 4.78 is 0.595. The quantitative estimate of drug-likeness (QED) is 0.698. The Kier molecular flexibility index (Phi) is 4.50. The van der Waals surface area contributed by atoms with Crippen LogP contribution in [-0.2, 0) is 0 Å². The van der Waals surface area contributed by atoms with Gasteiger partial charge in [0.15, 0.2) is 0 Å². The van der Waals surface area contributed by atoms with Crippen molar-refractivity contribution in [1.29, 1.82) is 0 Å². The van der Waals surface area contributed by atoms with Crippen LogP contribution in [0.2, 0.25) is 0 Å². The number of hydrogen-bond acceptors (Lipinski definition) is 2. The van der Waals surface area contributed by atoms with Crippen molar-refractivity contribution in [3.8, 4) is 0 Å². The van der Waals surface area contributed by atoms with Gasteiger partial charge in [-0.25, -0.2) is 0 Å². The summed E-state index contributed by atoms with van der Waals surface area (Å²) in [5.41, 5.74) is 0. The van der Waals surface area contributed by atoms with Crippen molar-refractivity contribution in [2.24, 2.45) is 5.92 Å². The van der Waals surface area contributed by atoms with E-state index in [0.717, 1.165) is 11.2 Å². The summed E-state index contributed by atoms with van der Waals surface area (Å²) in [5.74, 6) is 2.19. The summed E-state index contributed by atoms with van der Waals surface area (Å²) in [6.07, 6.45) is 6.47. The van der Waals surface area contributed by atoms with Crippen molar-refractivity contribution >= 4 is 23.5 Å². The molecule has 0 spiro atoms. The van der Waals surface area contributed by atoms with E-state index in [1.807, 2.05) is 11.8 Å². The molecule has 1 aliphatic heterocycles. The lowest BCUT2D eigenvalue weighted by Gasteiger charge is -2.24. The van der Waals surface area contributed by atoms with Crippen LogP contribution in [0.25, 0.3) is 0 Å². The molecule has 2 atom stereocenters. The summed E-state index contributed by atoms with van der Waals surface area (Å²) in [7, 11) is 0. The molecular weight excluding hydrogens is 196 g/mol. The third kappa shape index (κ3) is 3.39. The van der Waals surface area contributed by atoms with Crippen LogP contribution < -0.4 is 0 Å². The molecule has 0 bridgehead atoms. The summed E-state index contributed by atoms with van der Waals surface area (Å²) in [6, 6.07) is 0. The largest absolute Gasteiger partial charge is 0.165 e. The number of rotatable bonds is 4. The molecule has 1 heterocycles. The molecule has 1 rings (SSSR count). The van der Waals surface area contributed by atoms with Gasteiger partial charge in [0.25, 0.3) is 0 Å². The third-order valence-corrected chi connectivity index (χ3v) is 5.64. The standard InChI is InChI=1S/C11H22S2/c1-9(2)10-5-6-11(3,13-10)7-8-12-4/h9-10H,5-8H2,1-4H3. The molecule has 1 saturated heterocycles. The van der Waals surface area contributed by atoms with Crippen molar-refractivity contribution < 1.29 is 0 Å². The Morgan fingerprint density at radius 2 is 2.23 bits per heavy atom. The van der Waals surface area contributed by atoms with Crippen LogP contribution in [0.4, 0.5) is 0 Å². The van der Waals surface area contributed by atoms with Gasteiger partial charge in [-0.1, -0.05) is 20.8 Å². The van der Waals surface area contributed by atoms with E-state index in [-0.39, 0.29) is 0 Å². The molecule has 0 saturated carbocycles. The monoisotopic (exact) mass is 218 g/mol. The van der Waals surface area contributed by atoms with E-state index in [2.05, 4.69) is 38.8 Å². The SMILES string of the molecule is CSCCC1(C)CCC(C(C)C)S1. The molecule has 0 aliphatic carbocycles.